The first kappa shape index (κ1) is 12.9. The van der Waals surface area contributed by atoms with E-state index in [9.17, 15) is 4.39 Å². The van der Waals surface area contributed by atoms with Crippen molar-refractivity contribution in [2.75, 3.05) is 7.11 Å². The normalized spacial score (nSPS) is 11.6. The minimum atomic E-state index is -0.302. The van der Waals surface area contributed by atoms with E-state index >= 15 is 0 Å². The number of hydroxylamine groups is 1. The van der Waals surface area contributed by atoms with E-state index in [1.165, 1.54) is 13.2 Å². The minimum absolute atomic E-state index is 0.289. The standard InChI is InChI=1S/C12H18FNO2/c1-12(2,3)16-14-8-9-5-6-10(15-4)7-11(9)13/h5-7,14H,8H2,1-4H3. The highest BCUT2D eigenvalue weighted by Crippen LogP contribution is 2.16. The van der Waals surface area contributed by atoms with Crippen LogP contribution in [0.5, 0.6) is 5.75 Å². The van der Waals surface area contributed by atoms with Crippen molar-refractivity contribution >= 4 is 0 Å². The van der Waals surface area contributed by atoms with Crippen molar-refractivity contribution in [3.8, 4) is 5.75 Å². The fraction of sp³-hybridized carbons (Fsp3) is 0.500. The number of hydrogen-bond acceptors (Lipinski definition) is 3. The Labute approximate surface area is 95.5 Å². The number of methoxy groups -OCH3 is 1. The number of hydrogen-bond donors (Lipinski definition) is 1. The first-order valence-corrected chi connectivity index (χ1v) is 5.15. The topological polar surface area (TPSA) is 30.5 Å². The quantitative estimate of drug-likeness (QED) is 0.802. The second-order valence-corrected chi connectivity index (χ2v) is 4.49. The number of halogens is 1. The first-order valence-electron chi connectivity index (χ1n) is 5.15. The van der Waals surface area contributed by atoms with Crippen LogP contribution in [0.15, 0.2) is 18.2 Å². The van der Waals surface area contributed by atoms with E-state index < -0.39 is 0 Å². The Kier molecular flexibility index (Phi) is 4.26. The Morgan fingerprint density at radius 1 is 1.31 bits per heavy atom. The van der Waals surface area contributed by atoms with Gasteiger partial charge >= 0.3 is 0 Å². The van der Waals surface area contributed by atoms with Crippen LogP contribution in [0.4, 0.5) is 4.39 Å². The molecule has 3 nitrogen and oxygen atoms in total. The van der Waals surface area contributed by atoms with Crippen molar-refractivity contribution < 1.29 is 14.0 Å². The van der Waals surface area contributed by atoms with Crippen LogP contribution >= 0.6 is 0 Å². The largest absolute Gasteiger partial charge is 0.497 e. The Hall–Kier alpha value is -1.13. The van der Waals surface area contributed by atoms with Crippen LogP contribution in [-0.2, 0) is 11.4 Å². The molecule has 0 amide bonds. The summed E-state index contributed by atoms with van der Waals surface area (Å²) in [5.74, 6) is 0.211. The zero-order valence-corrected chi connectivity index (χ0v) is 10.1. The van der Waals surface area contributed by atoms with Gasteiger partial charge in [-0.25, -0.2) is 4.39 Å². The van der Waals surface area contributed by atoms with Gasteiger partial charge in [0.15, 0.2) is 0 Å². The summed E-state index contributed by atoms with van der Waals surface area (Å²) in [6.45, 7) is 6.09. The van der Waals surface area contributed by atoms with Crippen LogP contribution < -0.4 is 10.2 Å². The van der Waals surface area contributed by atoms with Crippen LogP contribution in [-0.4, -0.2) is 12.7 Å². The van der Waals surface area contributed by atoms with Gasteiger partial charge in [-0.15, -0.1) is 0 Å². The number of ether oxygens (including phenoxy) is 1. The van der Waals surface area contributed by atoms with Crippen molar-refractivity contribution in [2.45, 2.75) is 32.9 Å². The van der Waals surface area contributed by atoms with Gasteiger partial charge in [0.2, 0.25) is 0 Å². The monoisotopic (exact) mass is 227 g/mol. The maximum Gasteiger partial charge on any atom is 0.131 e. The summed E-state index contributed by atoms with van der Waals surface area (Å²) < 4.78 is 18.4. The highest BCUT2D eigenvalue weighted by atomic mass is 19.1. The maximum absolute atomic E-state index is 13.5. The predicted octanol–water partition coefficient (Wildman–Crippen LogP) is 2.65. The third kappa shape index (κ3) is 4.16. The third-order valence-electron chi connectivity index (χ3n) is 1.90. The molecule has 0 atom stereocenters. The highest BCUT2D eigenvalue weighted by molar-refractivity contribution is 5.28. The van der Waals surface area contributed by atoms with Crippen molar-refractivity contribution in [1.29, 1.82) is 0 Å². The van der Waals surface area contributed by atoms with Gasteiger partial charge in [-0.3, -0.25) is 4.84 Å². The molecule has 0 heterocycles. The average Bonchev–Trinajstić information content (AvgIpc) is 2.18. The minimum Gasteiger partial charge on any atom is -0.497 e. The lowest BCUT2D eigenvalue weighted by molar-refractivity contribution is -0.0760. The second kappa shape index (κ2) is 5.27. The number of rotatable bonds is 4. The van der Waals surface area contributed by atoms with E-state index in [0.717, 1.165) is 0 Å². The Balaban J connectivity index is 2.55. The lowest BCUT2D eigenvalue weighted by atomic mass is 10.2. The van der Waals surface area contributed by atoms with Crippen LogP contribution in [0.25, 0.3) is 0 Å². The van der Waals surface area contributed by atoms with Gasteiger partial charge in [0.25, 0.3) is 0 Å². The number of benzene rings is 1. The second-order valence-electron chi connectivity index (χ2n) is 4.49. The summed E-state index contributed by atoms with van der Waals surface area (Å²) in [5.41, 5.74) is 3.00. The Morgan fingerprint density at radius 3 is 2.50 bits per heavy atom. The van der Waals surface area contributed by atoms with Gasteiger partial charge in [-0.05, 0) is 26.8 Å². The molecule has 4 heteroatoms. The number of nitrogens with one attached hydrogen (secondary N) is 1. The molecular formula is C12H18FNO2. The summed E-state index contributed by atoms with van der Waals surface area (Å²) in [4.78, 5) is 5.30. The van der Waals surface area contributed by atoms with Crippen molar-refractivity contribution in [2.24, 2.45) is 0 Å². The summed E-state index contributed by atoms with van der Waals surface area (Å²) >= 11 is 0. The molecule has 0 aliphatic heterocycles. The molecule has 0 radical (unpaired) electrons. The summed E-state index contributed by atoms with van der Waals surface area (Å²) in [6, 6.07) is 4.75. The molecule has 1 N–H and O–H groups in total. The molecule has 1 aromatic rings. The summed E-state index contributed by atoms with van der Waals surface area (Å²) in [6.07, 6.45) is 0. The fourth-order valence-electron chi connectivity index (χ4n) is 1.13. The SMILES string of the molecule is COc1ccc(CNOC(C)(C)C)c(F)c1. The molecule has 16 heavy (non-hydrogen) atoms. The van der Waals surface area contributed by atoms with Gasteiger partial charge in [0.05, 0.1) is 12.7 Å². The van der Waals surface area contributed by atoms with Gasteiger partial charge in [0.1, 0.15) is 11.6 Å². The predicted molar refractivity (Wildman–Crippen MR) is 60.6 cm³/mol. The summed E-state index contributed by atoms with van der Waals surface area (Å²) in [7, 11) is 1.51. The van der Waals surface area contributed by atoms with E-state index in [0.29, 0.717) is 17.9 Å². The Bertz CT molecular complexity index is 347. The molecule has 0 unspecified atom stereocenters. The van der Waals surface area contributed by atoms with Crippen molar-refractivity contribution in [3.05, 3.63) is 29.6 Å². The molecule has 0 spiro atoms. The molecule has 0 aliphatic rings. The fourth-order valence-corrected chi connectivity index (χ4v) is 1.13. The van der Waals surface area contributed by atoms with Crippen LogP contribution in [0.2, 0.25) is 0 Å². The first-order chi connectivity index (χ1) is 7.42. The smallest absolute Gasteiger partial charge is 0.131 e. The third-order valence-corrected chi connectivity index (χ3v) is 1.90. The van der Waals surface area contributed by atoms with E-state index in [4.69, 9.17) is 9.57 Å². The van der Waals surface area contributed by atoms with E-state index in [2.05, 4.69) is 5.48 Å². The van der Waals surface area contributed by atoms with Gasteiger partial charge in [-0.1, -0.05) is 6.07 Å². The van der Waals surface area contributed by atoms with Gasteiger partial charge in [0, 0.05) is 18.2 Å². The molecular weight excluding hydrogens is 209 g/mol. The van der Waals surface area contributed by atoms with E-state index in [1.54, 1.807) is 12.1 Å². The van der Waals surface area contributed by atoms with Gasteiger partial charge in [-0.2, -0.15) is 5.48 Å². The molecule has 0 saturated heterocycles. The lowest BCUT2D eigenvalue weighted by Gasteiger charge is -2.19. The zero-order valence-electron chi connectivity index (χ0n) is 10.1. The summed E-state index contributed by atoms with van der Waals surface area (Å²) in [5, 5.41) is 0. The molecule has 0 fully saturated rings. The van der Waals surface area contributed by atoms with Gasteiger partial charge < -0.3 is 4.74 Å². The molecule has 90 valence electrons. The van der Waals surface area contributed by atoms with Crippen LogP contribution in [0.1, 0.15) is 26.3 Å². The van der Waals surface area contributed by atoms with Crippen LogP contribution in [0, 0.1) is 5.82 Å². The molecule has 1 rings (SSSR count). The van der Waals surface area contributed by atoms with Crippen molar-refractivity contribution in [3.63, 3.8) is 0 Å². The lowest BCUT2D eigenvalue weighted by Crippen LogP contribution is -2.28. The zero-order chi connectivity index (χ0) is 12.2. The Morgan fingerprint density at radius 2 is 2.00 bits per heavy atom. The van der Waals surface area contributed by atoms with E-state index in [-0.39, 0.29) is 11.4 Å². The van der Waals surface area contributed by atoms with Crippen molar-refractivity contribution in [1.82, 2.24) is 5.48 Å². The molecule has 0 bridgehead atoms. The highest BCUT2D eigenvalue weighted by Gasteiger charge is 2.11. The molecule has 0 aromatic heterocycles. The molecule has 0 saturated carbocycles. The average molecular weight is 227 g/mol. The van der Waals surface area contributed by atoms with Crippen LogP contribution in [0.3, 0.4) is 0 Å². The maximum atomic E-state index is 13.5. The molecule has 0 aliphatic carbocycles. The van der Waals surface area contributed by atoms with E-state index in [1.807, 2.05) is 20.8 Å². The molecule has 1 aromatic carbocycles.